The standard InChI is InChI=1S/C14H15ClN2O2S/c1-8-4-12(13(19-3)6-11(8)15)17-14(18)5-10-7-20-9(2)16-10/h4,6-7H,5H2,1-3H3,(H,17,18). The van der Waals surface area contributed by atoms with Crippen LogP contribution in [0.1, 0.15) is 16.3 Å². The summed E-state index contributed by atoms with van der Waals surface area (Å²) in [4.78, 5) is 16.3. The molecule has 0 unspecified atom stereocenters. The molecule has 0 aliphatic heterocycles. The van der Waals surface area contributed by atoms with Gasteiger partial charge in [-0.15, -0.1) is 11.3 Å². The van der Waals surface area contributed by atoms with Gasteiger partial charge in [0.15, 0.2) is 0 Å². The van der Waals surface area contributed by atoms with Gasteiger partial charge in [-0.05, 0) is 25.5 Å². The number of nitrogens with one attached hydrogen (secondary N) is 1. The van der Waals surface area contributed by atoms with E-state index < -0.39 is 0 Å². The molecule has 0 atom stereocenters. The van der Waals surface area contributed by atoms with Crippen molar-refractivity contribution in [2.24, 2.45) is 0 Å². The number of nitrogens with zero attached hydrogens (tertiary/aromatic N) is 1. The lowest BCUT2D eigenvalue weighted by atomic mass is 10.2. The van der Waals surface area contributed by atoms with E-state index in [0.717, 1.165) is 16.3 Å². The Morgan fingerprint density at radius 1 is 1.45 bits per heavy atom. The van der Waals surface area contributed by atoms with Gasteiger partial charge < -0.3 is 10.1 Å². The molecule has 0 saturated heterocycles. The van der Waals surface area contributed by atoms with Gasteiger partial charge in [-0.1, -0.05) is 11.6 Å². The van der Waals surface area contributed by atoms with E-state index in [1.54, 1.807) is 19.2 Å². The summed E-state index contributed by atoms with van der Waals surface area (Å²) in [5, 5.41) is 6.28. The number of thiazole rings is 1. The van der Waals surface area contributed by atoms with Crippen LogP contribution in [0.15, 0.2) is 17.5 Å². The van der Waals surface area contributed by atoms with Gasteiger partial charge in [0.1, 0.15) is 5.75 Å². The Labute approximate surface area is 126 Å². The minimum atomic E-state index is -0.129. The average molecular weight is 311 g/mol. The second kappa shape index (κ2) is 6.24. The molecule has 4 nitrogen and oxygen atoms in total. The molecule has 2 rings (SSSR count). The van der Waals surface area contributed by atoms with E-state index in [4.69, 9.17) is 16.3 Å². The molecule has 0 bridgehead atoms. The Hall–Kier alpha value is -1.59. The zero-order valence-corrected chi connectivity index (χ0v) is 13.1. The van der Waals surface area contributed by atoms with Gasteiger partial charge in [0.25, 0.3) is 0 Å². The first-order valence-electron chi connectivity index (χ1n) is 6.04. The third kappa shape index (κ3) is 3.49. The molecule has 6 heteroatoms. The van der Waals surface area contributed by atoms with E-state index in [1.165, 1.54) is 11.3 Å². The largest absolute Gasteiger partial charge is 0.495 e. The molecular weight excluding hydrogens is 296 g/mol. The van der Waals surface area contributed by atoms with Crippen LogP contribution < -0.4 is 10.1 Å². The maximum atomic E-state index is 12.0. The summed E-state index contributed by atoms with van der Waals surface area (Å²) >= 11 is 7.56. The molecule has 2 aromatic rings. The van der Waals surface area contributed by atoms with Gasteiger partial charge in [-0.2, -0.15) is 0 Å². The number of hydrogen-bond acceptors (Lipinski definition) is 4. The summed E-state index contributed by atoms with van der Waals surface area (Å²) in [6, 6.07) is 3.49. The second-order valence-corrected chi connectivity index (χ2v) is 5.85. The minimum Gasteiger partial charge on any atom is -0.495 e. The third-order valence-electron chi connectivity index (χ3n) is 2.76. The van der Waals surface area contributed by atoms with Crippen LogP contribution >= 0.6 is 22.9 Å². The van der Waals surface area contributed by atoms with Crippen molar-refractivity contribution < 1.29 is 9.53 Å². The van der Waals surface area contributed by atoms with Crippen LogP contribution in [0, 0.1) is 13.8 Å². The smallest absolute Gasteiger partial charge is 0.230 e. The van der Waals surface area contributed by atoms with Crippen LogP contribution in [-0.2, 0) is 11.2 Å². The first-order chi connectivity index (χ1) is 9.49. The highest BCUT2D eigenvalue weighted by atomic mass is 35.5. The summed E-state index contributed by atoms with van der Waals surface area (Å²) in [7, 11) is 1.54. The first kappa shape index (κ1) is 14.8. The zero-order valence-electron chi connectivity index (χ0n) is 11.5. The highest BCUT2D eigenvalue weighted by Gasteiger charge is 2.12. The van der Waals surface area contributed by atoms with Crippen molar-refractivity contribution in [1.29, 1.82) is 0 Å². The number of benzene rings is 1. The fraction of sp³-hybridized carbons (Fsp3) is 0.286. The number of methoxy groups -OCH3 is 1. The summed E-state index contributed by atoms with van der Waals surface area (Å²) in [5.41, 5.74) is 2.27. The molecule has 1 heterocycles. The molecule has 0 aliphatic carbocycles. The summed E-state index contributed by atoms with van der Waals surface area (Å²) in [6.45, 7) is 3.79. The van der Waals surface area contributed by atoms with Crippen molar-refractivity contribution in [3.05, 3.63) is 38.8 Å². The van der Waals surface area contributed by atoms with E-state index in [9.17, 15) is 4.79 Å². The second-order valence-electron chi connectivity index (χ2n) is 4.38. The summed E-state index contributed by atoms with van der Waals surface area (Å²) < 4.78 is 5.22. The number of hydrogen-bond donors (Lipinski definition) is 1. The van der Waals surface area contributed by atoms with Crippen molar-refractivity contribution >= 4 is 34.5 Å². The van der Waals surface area contributed by atoms with Gasteiger partial charge in [-0.3, -0.25) is 4.79 Å². The van der Waals surface area contributed by atoms with Gasteiger partial charge in [0, 0.05) is 16.5 Å². The van der Waals surface area contributed by atoms with Gasteiger partial charge in [0.2, 0.25) is 5.91 Å². The van der Waals surface area contributed by atoms with Crippen molar-refractivity contribution in [2.75, 3.05) is 12.4 Å². The van der Waals surface area contributed by atoms with E-state index in [0.29, 0.717) is 16.5 Å². The number of amides is 1. The number of carbonyl (C=O) groups excluding carboxylic acids is 1. The zero-order chi connectivity index (χ0) is 14.7. The molecule has 1 amide bonds. The molecule has 20 heavy (non-hydrogen) atoms. The van der Waals surface area contributed by atoms with E-state index in [2.05, 4.69) is 10.3 Å². The van der Waals surface area contributed by atoms with Crippen molar-refractivity contribution in [3.8, 4) is 5.75 Å². The van der Waals surface area contributed by atoms with Crippen LogP contribution in [0.4, 0.5) is 5.69 Å². The lowest BCUT2D eigenvalue weighted by molar-refractivity contribution is -0.115. The molecule has 1 N–H and O–H groups in total. The van der Waals surface area contributed by atoms with E-state index in [1.807, 2.05) is 19.2 Å². The normalized spacial score (nSPS) is 10.4. The molecule has 1 aromatic carbocycles. The number of aryl methyl sites for hydroxylation is 2. The predicted molar refractivity (Wildman–Crippen MR) is 81.9 cm³/mol. The Morgan fingerprint density at radius 3 is 2.80 bits per heavy atom. The molecule has 0 radical (unpaired) electrons. The lowest BCUT2D eigenvalue weighted by Gasteiger charge is -2.11. The van der Waals surface area contributed by atoms with Crippen LogP contribution in [0.5, 0.6) is 5.75 Å². The number of ether oxygens (including phenoxy) is 1. The van der Waals surface area contributed by atoms with Crippen molar-refractivity contribution in [3.63, 3.8) is 0 Å². The number of carbonyl (C=O) groups is 1. The number of anilines is 1. The van der Waals surface area contributed by atoms with Gasteiger partial charge in [0.05, 0.1) is 29.9 Å². The van der Waals surface area contributed by atoms with Gasteiger partial charge >= 0.3 is 0 Å². The molecule has 0 spiro atoms. The van der Waals surface area contributed by atoms with Gasteiger partial charge in [-0.25, -0.2) is 4.98 Å². The Balaban J connectivity index is 2.13. The topological polar surface area (TPSA) is 51.2 Å². The lowest BCUT2D eigenvalue weighted by Crippen LogP contribution is -2.15. The SMILES string of the molecule is COc1cc(Cl)c(C)cc1NC(=O)Cc1csc(C)n1. The quantitative estimate of drug-likeness (QED) is 0.938. The fourth-order valence-electron chi connectivity index (χ4n) is 1.78. The van der Waals surface area contributed by atoms with Crippen LogP contribution in [0.2, 0.25) is 5.02 Å². The third-order valence-corrected chi connectivity index (χ3v) is 3.99. The Kier molecular flexibility index (Phi) is 4.62. The van der Waals surface area contributed by atoms with Crippen LogP contribution in [0.25, 0.3) is 0 Å². The maximum absolute atomic E-state index is 12.0. The van der Waals surface area contributed by atoms with Crippen molar-refractivity contribution in [2.45, 2.75) is 20.3 Å². The molecular formula is C14H15ClN2O2S. The molecule has 0 fully saturated rings. The number of aromatic nitrogens is 1. The Morgan fingerprint density at radius 2 is 2.20 bits per heavy atom. The number of rotatable bonds is 4. The van der Waals surface area contributed by atoms with Crippen LogP contribution in [0.3, 0.4) is 0 Å². The maximum Gasteiger partial charge on any atom is 0.230 e. The Bertz CT molecular complexity index is 640. The van der Waals surface area contributed by atoms with E-state index in [-0.39, 0.29) is 12.3 Å². The fourth-order valence-corrected chi connectivity index (χ4v) is 2.54. The predicted octanol–water partition coefficient (Wildman–Crippen LogP) is 3.60. The monoisotopic (exact) mass is 310 g/mol. The molecule has 0 aliphatic rings. The number of halogens is 1. The van der Waals surface area contributed by atoms with Crippen LogP contribution in [-0.4, -0.2) is 18.0 Å². The highest BCUT2D eigenvalue weighted by molar-refractivity contribution is 7.09. The molecule has 106 valence electrons. The highest BCUT2D eigenvalue weighted by Crippen LogP contribution is 2.31. The molecule has 0 saturated carbocycles. The van der Waals surface area contributed by atoms with E-state index >= 15 is 0 Å². The minimum absolute atomic E-state index is 0.129. The summed E-state index contributed by atoms with van der Waals surface area (Å²) in [5.74, 6) is 0.415. The van der Waals surface area contributed by atoms with Crippen molar-refractivity contribution in [1.82, 2.24) is 4.98 Å². The molecule has 1 aromatic heterocycles. The average Bonchev–Trinajstić information content (AvgIpc) is 2.78. The summed E-state index contributed by atoms with van der Waals surface area (Å²) in [6.07, 6.45) is 0.245. The first-order valence-corrected chi connectivity index (χ1v) is 7.30.